The molecular weight excluding hydrogens is 306 g/mol. The van der Waals surface area contributed by atoms with E-state index in [4.69, 9.17) is 9.52 Å². The molecule has 0 bridgehead atoms. The fourth-order valence-corrected chi connectivity index (χ4v) is 2.41. The molecule has 0 aliphatic heterocycles. The summed E-state index contributed by atoms with van der Waals surface area (Å²) in [6.45, 7) is 1.30. The van der Waals surface area contributed by atoms with Gasteiger partial charge in [0.1, 0.15) is 22.8 Å². The van der Waals surface area contributed by atoms with Crippen molar-refractivity contribution in [1.82, 2.24) is 5.32 Å². The Balaban J connectivity index is 1.67. The highest BCUT2D eigenvalue weighted by Gasteiger charge is 2.13. The van der Waals surface area contributed by atoms with Crippen LogP contribution in [-0.4, -0.2) is 16.2 Å². The third-order valence-corrected chi connectivity index (χ3v) is 3.64. The van der Waals surface area contributed by atoms with Crippen molar-refractivity contribution in [3.05, 3.63) is 77.6 Å². The Morgan fingerprint density at radius 2 is 1.79 bits per heavy atom. The van der Waals surface area contributed by atoms with Gasteiger partial charge in [0, 0.05) is 12.1 Å². The van der Waals surface area contributed by atoms with Crippen molar-refractivity contribution in [2.45, 2.75) is 13.1 Å². The molecule has 0 fully saturated rings. The first-order chi connectivity index (χ1) is 11.6. The second-order valence-electron chi connectivity index (χ2n) is 5.39. The van der Waals surface area contributed by atoms with E-state index in [-0.39, 0.29) is 11.3 Å². The van der Waals surface area contributed by atoms with Crippen LogP contribution in [0.1, 0.15) is 21.7 Å². The van der Waals surface area contributed by atoms with E-state index in [1.54, 1.807) is 12.1 Å². The summed E-state index contributed by atoms with van der Waals surface area (Å²) >= 11 is 0. The molecule has 3 N–H and O–H groups in total. The summed E-state index contributed by atoms with van der Waals surface area (Å²) in [5.74, 6) is -0.117. The first-order valence-corrected chi connectivity index (χ1v) is 7.53. The van der Waals surface area contributed by atoms with Gasteiger partial charge in [-0.25, -0.2) is 4.79 Å². The van der Waals surface area contributed by atoms with E-state index >= 15 is 0 Å². The standard InChI is InChI=1S/C19H17NO4/c21-17-8-6-14(10-16(17)19(22)23)18-9-7-15(24-18)12-20-11-13-4-2-1-3-5-13/h1-10,20-21H,11-12H2,(H,22,23). The SMILES string of the molecule is O=C(O)c1cc(-c2ccc(CNCc3ccccc3)o2)ccc1O. The minimum Gasteiger partial charge on any atom is -0.507 e. The molecule has 3 rings (SSSR count). The van der Waals surface area contributed by atoms with Crippen molar-refractivity contribution in [2.75, 3.05) is 0 Å². The zero-order chi connectivity index (χ0) is 16.9. The molecule has 0 atom stereocenters. The molecular formula is C19H17NO4. The van der Waals surface area contributed by atoms with Gasteiger partial charge in [-0.1, -0.05) is 30.3 Å². The summed E-state index contributed by atoms with van der Waals surface area (Å²) in [5, 5.41) is 21.9. The van der Waals surface area contributed by atoms with Crippen molar-refractivity contribution >= 4 is 5.97 Å². The van der Waals surface area contributed by atoms with Gasteiger partial charge in [0.05, 0.1) is 6.54 Å². The van der Waals surface area contributed by atoms with Gasteiger partial charge in [0.15, 0.2) is 0 Å². The molecule has 0 unspecified atom stereocenters. The number of carbonyl (C=O) groups is 1. The highest BCUT2D eigenvalue weighted by Crippen LogP contribution is 2.27. The van der Waals surface area contributed by atoms with Crippen LogP contribution in [0.5, 0.6) is 5.75 Å². The van der Waals surface area contributed by atoms with Gasteiger partial charge >= 0.3 is 5.97 Å². The second kappa shape index (κ2) is 7.02. The molecule has 0 saturated heterocycles. The van der Waals surface area contributed by atoms with Crippen molar-refractivity contribution in [3.63, 3.8) is 0 Å². The molecule has 122 valence electrons. The maximum absolute atomic E-state index is 11.1. The topological polar surface area (TPSA) is 82.7 Å². The molecule has 0 aliphatic carbocycles. The second-order valence-corrected chi connectivity index (χ2v) is 5.39. The number of phenols is 1. The van der Waals surface area contributed by atoms with Crippen LogP contribution in [0.2, 0.25) is 0 Å². The summed E-state index contributed by atoms with van der Waals surface area (Å²) in [5.41, 5.74) is 1.65. The summed E-state index contributed by atoms with van der Waals surface area (Å²) in [4.78, 5) is 11.1. The minimum absolute atomic E-state index is 0.146. The lowest BCUT2D eigenvalue weighted by molar-refractivity contribution is 0.0694. The highest BCUT2D eigenvalue weighted by atomic mass is 16.4. The normalized spacial score (nSPS) is 10.7. The fourth-order valence-electron chi connectivity index (χ4n) is 2.41. The van der Waals surface area contributed by atoms with Crippen LogP contribution in [0.4, 0.5) is 0 Å². The van der Waals surface area contributed by atoms with Crippen LogP contribution in [0.15, 0.2) is 65.1 Å². The Kier molecular flexibility index (Phi) is 4.63. The van der Waals surface area contributed by atoms with Crippen LogP contribution in [0, 0.1) is 0 Å². The molecule has 0 radical (unpaired) electrons. The average Bonchev–Trinajstić information content (AvgIpc) is 3.05. The van der Waals surface area contributed by atoms with Gasteiger partial charge in [-0.3, -0.25) is 0 Å². The van der Waals surface area contributed by atoms with Crippen molar-refractivity contribution in [1.29, 1.82) is 0 Å². The average molecular weight is 323 g/mol. The highest BCUT2D eigenvalue weighted by molar-refractivity contribution is 5.92. The lowest BCUT2D eigenvalue weighted by Gasteiger charge is -2.04. The van der Waals surface area contributed by atoms with Crippen LogP contribution < -0.4 is 5.32 Å². The summed E-state index contributed by atoms with van der Waals surface area (Å²) in [7, 11) is 0. The number of hydrogen-bond acceptors (Lipinski definition) is 4. The number of rotatable bonds is 6. The maximum atomic E-state index is 11.1. The maximum Gasteiger partial charge on any atom is 0.339 e. The van der Waals surface area contributed by atoms with E-state index in [0.29, 0.717) is 17.9 Å². The molecule has 0 amide bonds. The lowest BCUT2D eigenvalue weighted by atomic mass is 10.1. The summed E-state index contributed by atoms with van der Waals surface area (Å²) < 4.78 is 5.75. The number of furan rings is 1. The zero-order valence-electron chi connectivity index (χ0n) is 12.9. The van der Waals surface area contributed by atoms with Gasteiger partial charge in [-0.2, -0.15) is 0 Å². The summed E-state index contributed by atoms with van der Waals surface area (Å²) in [6, 6.07) is 18.1. The van der Waals surface area contributed by atoms with E-state index in [2.05, 4.69) is 5.32 Å². The quantitative estimate of drug-likeness (QED) is 0.645. The van der Waals surface area contributed by atoms with E-state index in [9.17, 15) is 9.90 Å². The van der Waals surface area contributed by atoms with E-state index in [0.717, 1.165) is 12.3 Å². The lowest BCUT2D eigenvalue weighted by Crippen LogP contribution is -2.11. The molecule has 1 heterocycles. The molecule has 5 nitrogen and oxygen atoms in total. The number of nitrogens with one attached hydrogen (secondary N) is 1. The molecule has 2 aromatic carbocycles. The predicted molar refractivity (Wildman–Crippen MR) is 89.8 cm³/mol. The number of carboxylic acid groups (broad SMARTS) is 1. The number of aromatic hydroxyl groups is 1. The van der Waals surface area contributed by atoms with Gasteiger partial charge in [-0.15, -0.1) is 0 Å². The van der Waals surface area contributed by atoms with Crippen LogP contribution in [-0.2, 0) is 13.1 Å². The number of carboxylic acids is 1. The van der Waals surface area contributed by atoms with Gasteiger partial charge in [-0.05, 0) is 35.9 Å². The monoisotopic (exact) mass is 323 g/mol. The van der Waals surface area contributed by atoms with Gasteiger partial charge in [0.2, 0.25) is 0 Å². The summed E-state index contributed by atoms with van der Waals surface area (Å²) in [6.07, 6.45) is 0. The Labute approximate surface area is 139 Å². The van der Waals surface area contributed by atoms with Crippen LogP contribution >= 0.6 is 0 Å². The van der Waals surface area contributed by atoms with Crippen molar-refractivity contribution in [2.24, 2.45) is 0 Å². The van der Waals surface area contributed by atoms with Gasteiger partial charge in [0.25, 0.3) is 0 Å². The van der Waals surface area contributed by atoms with E-state index in [1.807, 2.05) is 36.4 Å². The third-order valence-electron chi connectivity index (χ3n) is 3.64. The third kappa shape index (κ3) is 3.64. The Hall–Kier alpha value is -3.05. The minimum atomic E-state index is -1.18. The zero-order valence-corrected chi connectivity index (χ0v) is 12.9. The van der Waals surface area contributed by atoms with Crippen molar-refractivity contribution < 1.29 is 19.4 Å². The molecule has 1 aromatic heterocycles. The largest absolute Gasteiger partial charge is 0.507 e. The number of hydrogen-bond donors (Lipinski definition) is 3. The molecule has 0 saturated carbocycles. The molecule has 0 aliphatic rings. The van der Waals surface area contributed by atoms with Crippen molar-refractivity contribution in [3.8, 4) is 17.1 Å². The number of benzene rings is 2. The molecule has 0 spiro atoms. The molecule has 3 aromatic rings. The predicted octanol–water partition coefficient (Wildman–Crippen LogP) is 3.64. The Morgan fingerprint density at radius 1 is 1.00 bits per heavy atom. The number of aromatic carboxylic acids is 1. The smallest absolute Gasteiger partial charge is 0.339 e. The van der Waals surface area contributed by atoms with Crippen LogP contribution in [0.25, 0.3) is 11.3 Å². The van der Waals surface area contributed by atoms with Gasteiger partial charge < -0.3 is 19.9 Å². The Bertz CT molecular complexity index is 840. The molecule has 24 heavy (non-hydrogen) atoms. The van der Waals surface area contributed by atoms with E-state index < -0.39 is 5.97 Å². The Morgan fingerprint density at radius 3 is 2.54 bits per heavy atom. The van der Waals surface area contributed by atoms with Crippen LogP contribution in [0.3, 0.4) is 0 Å². The first kappa shape index (κ1) is 15.8. The fraction of sp³-hybridized carbons (Fsp3) is 0.105. The first-order valence-electron chi connectivity index (χ1n) is 7.53. The molecule has 5 heteroatoms. The van der Waals surface area contributed by atoms with E-state index in [1.165, 1.54) is 17.7 Å².